The molecule has 1 saturated carbocycles. The quantitative estimate of drug-likeness (QED) is 0.858. The fourth-order valence-electron chi connectivity index (χ4n) is 3.70. The highest BCUT2D eigenvalue weighted by atomic mass is 16.5. The average Bonchev–Trinajstić information content (AvgIpc) is 2.57. The number of hydrogen-bond donors (Lipinski definition) is 1. The summed E-state index contributed by atoms with van der Waals surface area (Å²) in [5, 5.41) is 0.410. The van der Waals surface area contributed by atoms with Crippen LogP contribution in [0.15, 0.2) is 27.8 Å². The number of fused-ring (bicyclic) bond motifs is 1. The number of benzene rings is 1. The van der Waals surface area contributed by atoms with E-state index in [4.69, 9.17) is 0 Å². The topological polar surface area (TPSA) is 81.2 Å². The molecule has 24 heavy (non-hydrogen) atoms. The van der Waals surface area contributed by atoms with Crippen molar-refractivity contribution in [2.45, 2.75) is 39.2 Å². The maximum Gasteiger partial charge on any atom is 0.337 e. The van der Waals surface area contributed by atoms with Gasteiger partial charge >= 0.3 is 11.7 Å². The van der Waals surface area contributed by atoms with Crippen LogP contribution in [0.1, 0.15) is 49.5 Å². The van der Waals surface area contributed by atoms with Gasteiger partial charge in [0.05, 0.1) is 23.6 Å². The molecule has 6 nitrogen and oxygen atoms in total. The normalized spacial score (nSPS) is 24.0. The first-order valence-electron chi connectivity index (χ1n) is 8.31. The Kier molecular flexibility index (Phi) is 4.30. The van der Waals surface area contributed by atoms with Crippen LogP contribution in [-0.4, -0.2) is 22.6 Å². The second-order valence-corrected chi connectivity index (χ2v) is 6.69. The molecule has 6 heteroatoms. The van der Waals surface area contributed by atoms with E-state index in [1.54, 1.807) is 12.1 Å². The van der Waals surface area contributed by atoms with Crippen LogP contribution in [0.4, 0.5) is 0 Å². The van der Waals surface area contributed by atoms with Crippen LogP contribution in [0.2, 0.25) is 0 Å². The van der Waals surface area contributed by atoms with Crippen molar-refractivity contribution in [3.8, 4) is 0 Å². The second-order valence-electron chi connectivity index (χ2n) is 6.69. The zero-order valence-electron chi connectivity index (χ0n) is 14.2. The number of esters is 1. The summed E-state index contributed by atoms with van der Waals surface area (Å²) in [5.74, 6) is 0.244. The Hall–Kier alpha value is -2.37. The van der Waals surface area contributed by atoms with E-state index >= 15 is 0 Å². The summed E-state index contributed by atoms with van der Waals surface area (Å²) in [5.41, 5.74) is -0.0466. The van der Waals surface area contributed by atoms with Crippen molar-refractivity contribution < 1.29 is 9.53 Å². The van der Waals surface area contributed by atoms with Gasteiger partial charge in [-0.2, -0.15) is 0 Å². The van der Waals surface area contributed by atoms with Gasteiger partial charge in [0.2, 0.25) is 0 Å². The molecule has 0 amide bonds. The van der Waals surface area contributed by atoms with E-state index in [0.717, 1.165) is 19.3 Å². The fraction of sp³-hybridized carbons (Fsp3) is 0.500. The van der Waals surface area contributed by atoms with Crippen molar-refractivity contribution >= 4 is 16.9 Å². The van der Waals surface area contributed by atoms with Gasteiger partial charge in [-0.3, -0.25) is 9.36 Å². The van der Waals surface area contributed by atoms with Crippen LogP contribution in [0.3, 0.4) is 0 Å². The standard InChI is InChI=1S/C18H22N2O4/c1-10-5-4-6-15(11(10)2)20-16(21)13-8-7-12(17(22)24-3)9-14(13)19-18(20)23/h7-11,15H,4-6H2,1-3H3,(H,19,23)/t10-,11+,15-/m1/s1. The molecular formula is C18H22N2O4. The molecule has 0 spiro atoms. The number of H-pyrrole nitrogens is 1. The SMILES string of the molecule is COC(=O)c1ccc2c(=O)n([C@@H]3CCC[C@@H](C)[C@@H]3C)c(=O)[nH]c2c1. The smallest absolute Gasteiger partial charge is 0.337 e. The Labute approximate surface area is 139 Å². The third-order valence-corrected chi connectivity index (χ3v) is 5.35. The van der Waals surface area contributed by atoms with Crippen molar-refractivity contribution in [2.24, 2.45) is 11.8 Å². The van der Waals surface area contributed by atoms with E-state index in [0.29, 0.717) is 22.4 Å². The number of aromatic amines is 1. The van der Waals surface area contributed by atoms with Crippen molar-refractivity contribution in [1.29, 1.82) is 0 Å². The molecular weight excluding hydrogens is 308 g/mol. The lowest BCUT2D eigenvalue weighted by Crippen LogP contribution is -2.42. The molecule has 0 radical (unpaired) electrons. The lowest BCUT2D eigenvalue weighted by molar-refractivity contribution is 0.0601. The number of aromatic nitrogens is 2. The van der Waals surface area contributed by atoms with E-state index in [1.165, 1.54) is 17.7 Å². The highest BCUT2D eigenvalue weighted by molar-refractivity contribution is 5.93. The van der Waals surface area contributed by atoms with Crippen molar-refractivity contribution in [3.63, 3.8) is 0 Å². The lowest BCUT2D eigenvalue weighted by Gasteiger charge is -2.34. The summed E-state index contributed by atoms with van der Waals surface area (Å²) in [4.78, 5) is 39.8. The van der Waals surface area contributed by atoms with E-state index in [2.05, 4.69) is 23.6 Å². The van der Waals surface area contributed by atoms with Gasteiger partial charge in [0.1, 0.15) is 0 Å². The Morgan fingerprint density at radius 3 is 2.71 bits per heavy atom. The zero-order chi connectivity index (χ0) is 17.4. The minimum Gasteiger partial charge on any atom is -0.465 e. The molecule has 1 aliphatic rings. The summed E-state index contributed by atoms with van der Waals surface area (Å²) < 4.78 is 6.04. The molecule has 0 unspecified atom stereocenters. The minimum absolute atomic E-state index is 0.0883. The van der Waals surface area contributed by atoms with Gasteiger partial charge < -0.3 is 9.72 Å². The highest BCUT2D eigenvalue weighted by Crippen LogP contribution is 2.36. The molecule has 1 aromatic heterocycles. The molecule has 128 valence electrons. The molecule has 1 N–H and O–H groups in total. The number of methoxy groups -OCH3 is 1. The van der Waals surface area contributed by atoms with Gasteiger partial charge in [0, 0.05) is 6.04 Å². The van der Waals surface area contributed by atoms with Crippen LogP contribution in [0.25, 0.3) is 10.9 Å². The monoisotopic (exact) mass is 330 g/mol. The molecule has 3 rings (SSSR count). The predicted molar refractivity (Wildman–Crippen MR) is 91.4 cm³/mol. The largest absolute Gasteiger partial charge is 0.465 e. The van der Waals surface area contributed by atoms with Gasteiger partial charge in [-0.25, -0.2) is 9.59 Å². The van der Waals surface area contributed by atoms with Crippen molar-refractivity contribution in [1.82, 2.24) is 9.55 Å². The number of rotatable bonds is 2. The number of hydrogen-bond acceptors (Lipinski definition) is 4. The van der Waals surface area contributed by atoms with Crippen molar-refractivity contribution in [3.05, 3.63) is 44.6 Å². The molecule has 1 fully saturated rings. The third-order valence-electron chi connectivity index (χ3n) is 5.35. The van der Waals surface area contributed by atoms with Gasteiger partial charge in [-0.05, 0) is 36.5 Å². The second kappa shape index (κ2) is 6.26. The summed E-state index contributed by atoms with van der Waals surface area (Å²) in [6.45, 7) is 4.27. The molecule has 1 aromatic carbocycles. The van der Waals surface area contributed by atoms with Gasteiger partial charge in [0.25, 0.3) is 5.56 Å². The molecule has 0 saturated heterocycles. The number of carbonyl (C=O) groups is 1. The maximum absolute atomic E-state index is 12.9. The molecule has 0 bridgehead atoms. The van der Waals surface area contributed by atoms with E-state index in [1.807, 2.05) is 0 Å². The van der Waals surface area contributed by atoms with E-state index in [-0.39, 0.29) is 17.5 Å². The zero-order valence-corrected chi connectivity index (χ0v) is 14.2. The number of ether oxygens (including phenoxy) is 1. The van der Waals surface area contributed by atoms with Crippen molar-refractivity contribution in [2.75, 3.05) is 7.11 Å². The Morgan fingerprint density at radius 1 is 1.25 bits per heavy atom. The Morgan fingerprint density at radius 2 is 2.00 bits per heavy atom. The number of nitrogens with zero attached hydrogens (tertiary/aromatic N) is 1. The first-order chi connectivity index (χ1) is 11.4. The molecule has 1 aliphatic carbocycles. The first kappa shape index (κ1) is 16.5. The van der Waals surface area contributed by atoms with Crippen LogP contribution in [0.5, 0.6) is 0 Å². The predicted octanol–water partition coefficient (Wildman–Crippen LogP) is 2.47. The van der Waals surface area contributed by atoms with E-state index in [9.17, 15) is 14.4 Å². The average molecular weight is 330 g/mol. The molecule has 2 aromatic rings. The minimum atomic E-state index is -0.503. The maximum atomic E-state index is 12.9. The van der Waals surface area contributed by atoms with Crippen LogP contribution in [0, 0.1) is 11.8 Å². The van der Waals surface area contributed by atoms with Gasteiger partial charge in [0.15, 0.2) is 0 Å². The van der Waals surface area contributed by atoms with Crippen LogP contribution in [-0.2, 0) is 4.74 Å². The van der Waals surface area contributed by atoms with Crippen LogP contribution < -0.4 is 11.2 Å². The lowest BCUT2D eigenvalue weighted by atomic mass is 9.78. The number of carbonyl (C=O) groups excluding carboxylic acids is 1. The van der Waals surface area contributed by atoms with E-state index < -0.39 is 11.7 Å². The highest BCUT2D eigenvalue weighted by Gasteiger charge is 2.30. The molecule has 1 heterocycles. The number of nitrogens with one attached hydrogen (secondary N) is 1. The Bertz CT molecular complexity index is 896. The summed E-state index contributed by atoms with van der Waals surface area (Å²) in [6, 6.07) is 4.52. The summed E-state index contributed by atoms with van der Waals surface area (Å²) in [7, 11) is 1.29. The third kappa shape index (κ3) is 2.66. The first-order valence-corrected chi connectivity index (χ1v) is 8.31. The summed E-state index contributed by atoms with van der Waals surface area (Å²) in [6.07, 6.45) is 2.97. The molecule has 0 aliphatic heterocycles. The van der Waals surface area contributed by atoms with Gasteiger partial charge in [-0.1, -0.05) is 26.7 Å². The molecule has 3 atom stereocenters. The van der Waals surface area contributed by atoms with Gasteiger partial charge in [-0.15, -0.1) is 0 Å². The Balaban J connectivity index is 2.16. The van der Waals surface area contributed by atoms with Crippen LogP contribution >= 0.6 is 0 Å². The fourth-order valence-corrected chi connectivity index (χ4v) is 3.70. The summed E-state index contributed by atoms with van der Waals surface area (Å²) >= 11 is 0.